The molecule has 0 heterocycles. The van der Waals surface area contributed by atoms with Crippen molar-refractivity contribution in [3.05, 3.63) is 0 Å². The van der Waals surface area contributed by atoms with Gasteiger partial charge in [0.05, 0.1) is 0 Å². The fraction of sp³-hybridized carbons (Fsp3) is 0.857. The van der Waals surface area contributed by atoms with E-state index >= 15 is 0 Å². The minimum atomic E-state index is -0.896. The Morgan fingerprint density at radius 3 is 2.45 bits per heavy atom. The molecule has 0 unspecified atom stereocenters. The van der Waals surface area contributed by atoms with Crippen molar-refractivity contribution in [1.82, 2.24) is 10.4 Å². The van der Waals surface area contributed by atoms with E-state index in [0.717, 1.165) is 12.8 Å². The summed E-state index contributed by atoms with van der Waals surface area (Å²) >= 11 is 0. The zero-order chi connectivity index (χ0) is 8.43. The van der Waals surface area contributed by atoms with E-state index in [4.69, 9.17) is 5.11 Å². The average molecular weight is 158 g/mol. The molecule has 0 aromatic carbocycles. The first-order chi connectivity index (χ1) is 5.11. The lowest BCUT2D eigenvalue weighted by atomic mass is 10.4. The van der Waals surface area contributed by atoms with Crippen molar-refractivity contribution in [3.63, 3.8) is 0 Å². The van der Waals surface area contributed by atoms with E-state index < -0.39 is 6.09 Å². The van der Waals surface area contributed by atoms with Gasteiger partial charge < -0.3 is 5.11 Å². The van der Waals surface area contributed by atoms with Crippen LogP contribution < -0.4 is 5.43 Å². The molecule has 1 rings (SSSR count). The van der Waals surface area contributed by atoms with Crippen molar-refractivity contribution in [1.29, 1.82) is 0 Å². The molecular weight excluding hydrogens is 144 g/mol. The molecule has 0 bridgehead atoms. The molecule has 11 heavy (non-hydrogen) atoms. The maximum absolute atomic E-state index is 10.6. The minimum absolute atomic E-state index is 0.00750. The lowest BCUT2D eigenvalue weighted by Crippen LogP contribution is -2.47. The molecular formula is C7H14N2O2. The van der Waals surface area contributed by atoms with Crippen LogP contribution in [0.2, 0.25) is 0 Å². The van der Waals surface area contributed by atoms with Gasteiger partial charge in [0, 0.05) is 12.1 Å². The lowest BCUT2D eigenvalue weighted by Gasteiger charge is -2.23. The first-order valence-electron chi connectivity index (χ1n) is 3.89. The second kappa shape index (κ2) is 3.09. The van der Waals surface area contributed by atoms with Crippen LogP contribution in [0.25, 0.3) is 0 Å². The Morgan fingerprint density at radius 2 is 2.18 bits per heavy atom. The summed E-state index contributed by atoms with van der Waals surface area (Å²) in [5, 5.41) is 9.95. The van der Waals surface area contributed by atoms with Gasteiger partial charge in [-0.15, -0.1) is 0 Å². The summed E-state index contributed by atoms with van der Waals surface area (Å²) in [6.45, 7) is 3.70. The molecule has 0 saturated heterocycles. The molecule has 4 heteroatoms. The highest BCUT2D eigenvalue weighted by Gasteiger charge is 2.27. The van der Waals surface area contributed by atoms with E-state index in [0.29, 0.717) is 6.04 Å². The highest BCUT2D eigenvalue weighted by atomic mass is 16.4. The van der Waals surface area contributed by atoms with Crippen LogP contribution in [-0.2, 0) is 0 Å². The SMILES string of the molecule is CC(C)N(NC1CC1)C(=O)O. The van der Waals surface area contributed by atoms with Crippen molar-refractivity contribution in [3.8, 4) is 0 Å². The predicted octanol–water partition coefficient (Wildman–Crippen LogP) is 1.04. The maximum Gasteiger partial charge on any atom is 0.422 e. The van der Waals surface area contributed by atoms with Gasteiger partial charge in [-0.1, -0.05) is 0 Å². The Morgan fingerprint density at radius 1 is 1.64 bits per heavy atom. The Hall–Kier alpha value is -0.770. The summed E-state index contributed by atoms with van der Waals surface area (Å²) in [6.07, 6.45) is 1.29. The lowest BCUT2D eigenvalue weighted by molar-refractivity contribution is 0.100. The van der Waals surface area contributed by atoms with Gasteiger partial charge in [0.25, 0.3) is 0 Å². The van der Waals surface area contributed by atoms with Gasteiger partial charge in [-0.2, -0.15) is 0 Å². The molecule has 4 nitrogen and oxygen atoms in total. The molecule has 0 atom stereocenters. The normalized spacial score (nSPS) is 17.0. The quantitative estimate of drug-likeness (QED) is 0.603. The van der Waals surface area contributed by atoms with E-state index in [1.165, 1.54) is 5.01 Å². The van der Waals surface area contributed by atoms with Crippen LogP contribution in [0, 0.1) is 0 Å². The highest BCUT2D eigenvalue weighted by molar-refractivity contribution is 5.64. The molecule has 0 aromatic rings. The maximum atomic E-state index is 10.6. The first kappa shape index (κ1) is 8.33. The number of nitrogens with one attached hydrogen (secondary N) is 1. The number of rotatable bonds is 3. The number of carboxylic acid groups (broad SMARTS) is 1. The van der Waals surface area contributed by atoms with Gasteiger partial charge in [0.15, 0.2) is 0 Å². The van der Waals surface area contributed by atoms with Crippen LogP contribution in [-0.4, -0.2) is 28.3 Å². The summed E-state index contributed by atoms with van der Waals surface area (Å²) in [6, 6.07) is 0.404. The van der Waals surface area contributed by atoms with Gasteiger partial charge >= 0.3 is 6.09 Å². The Labute approximate surface area is 66.2 Å². The van der Waals surface area contributed by atoms with Crippen LogP contribution >= 0.6 is 0 Å². The van der Waals surface area contributed by atoms with Crippen LogP contribution in [0.15, 0.2) is 0 Å². The smallest absolute Gasteiger partial charge is 0.422 e. The molecule has 0 radical (unpaired) electrons. The van der Waals surface area contributed by atoms with E-state index in [2.05, 4.69) is 5.43 Å². The third kappa shape index (κ3) is 2.38. The van der Waals surface area contributed by atoms with Crippen molar-refractivity contribution in [2.75, 3.05) is 0 Å². The Balaban J connectivity index is 2.37. The monoisotopic (exact) mass is 158 g/mol. The van der Waals surface area contributed by atoms with E-state index in [-0.39, 0.29) is 6.04 Å². The van der Waals surface area contributed by atoms with Crippen molar-refractivity contribution < 1.29 is 9.90 Å². The molecule has 1 aliphatic carbocycles. The van der Waals surface area contributed by atoms with E-state index in [1.807, 2.05) is 13.8 Å². The molecule has 1 aliphatic rings. The number of hydrazine groups is 1. The molecule has 64 valence electrons. The Kier molecular flexibility index (Phi) is 2.34. The second-order valence-corrected chi connectivity index (χ2v) is 3.15. The van der Waals surface area contributed by atoms with Crippen LogP contribution in [0.1, 0.15) is 26.7 Å². The standard InChI is InChI=1S/C7H14N2O2/c1-5(2)9(7(10)11)8-6-3-4-6/h5-6,8H,3-4H2,1-2H3,(H,10,11). The largest absolute Gasteiger partial charge is 0.464 e. The number of carbonyl (C=O) groups is 1. The molecule has 1 fully saturated rings. The van der Waals surface area contributed by atoms with Gasteiger partial charge in [0.1, 0.15) is 0 Å². The average Bonchev–Trinajstić information content (AvgIpc) is 2.63. The third-order valence-electron chi connectivity index (χ3n) is 1.62. The zero-order valence-electron chi connectivity index (χ0n) is 6.87. The fourth-order valence-corrected chi connectivity index (χ4v) is 0.834. The summed E-state index contributed by atoms with van der Waals surface area (Å²) in [5.41, 5.74) is 2.92. The molecule has 1 saturated carbocycles. The predicted molar refractivity (Wildman–Crippen MR) is 41.2 cm³/mol. The molecule has 0 aromatic heterocycles. The van der Waals surface area contributed by atoms with Gasteiger partial charge in [-0.3, -0.25) is 0 Å². The van der Waals surface area contributed by atoms with Crippen molar-refractivity contribution in [2.45, 2.75) is 38.8 Å². The molecule has 0 spiro atoms. The summed E-state index contributed by atoms with van der Waals surface area (Å²) < 4.78 is 0. The Bertz CT molecular complexity index is 155. The zero-order valence-corrected chi connectivity index (χ0v) is 6.87. The number of hydrogen-bond donors (Lipinski definition) is 2. The van der Waals surface area contributed by atoms with Gasteiger partial charge in [-0.25, -0.2) is 15.2 Å². The second-order valence-electron chi connectivity index (χ2n) is 3.15. The van der Waals surface area contributed by atoms with Crippen molar-refractivity contribution in [2.24, 2.45) is 0 Å². The molecule has 1 amide bonds. The third-order valence-corrected chi connectivity index (χ3v) is 1.62. The minimum Gasteiger partial charge on any atom is -0.464 e. The topological polar surface area (TPSA) is 52.6 Å². The van der Waals surface area contributed by atoms with Gasteiger partial charge in [0.2, 0.25) is 0 Å². The van der Waals surface area contributed by atoms with Crippen LogP contribution in [0.3, 0.4) is 0 Å². The van der Waals surface area contributed by atoms with Crippen LogP contribution in [0.5, 0.6) is 0 Å². The molecule has 0 aliphatic heterocycles. The summed E-state index contributed by atoms with van der Waals surface area (Å²) in [7, 11) is 0. The number of amides is 1. The highest BCUT2D eigenvalue weighted by Crippen LogP contribution is 2.19. The van der Waals surface area contributed by atoms with Crippen LogP contribution in [0.4, 0.5) is 4.79 Å². The summed E-state index contributed by atoms with van der Waals surface area (Å²) in [5.74, 6) is 0. The number of hydrogen-bond acceptors (Lipinski definition) is 2. The van der Waals surface area contributed by atoms with Gasteiger partial charge in [-0.05, 0) is 26.7 Å². The van der Waals surface area contributed by atoms with Crippen molar-refractivity contribution >= 4 is 6.09 Å². The van der Waals surface area contributed by atoms with E-state index in [1.54, 1.807) is 0 Å². The van der Waals surface area contributed by atoms with E-state index in [9.17, 15) is 4.79 Å². The summed E-state index contributed by atoms with van der Waals surface area (Å²) in [4.78, 5) is 10.6. The fourth-order valence-electron chi connectivity index (χ4n) is 0.834. The number of nitrogens with zero attached hydrogens (tertiary/aromatic N) is 1. The first-order valence-corrected chi connectivity index (χ1v) is 3.89. The molecule has 2 N–H and O–H groups in total.